The molecule has 0 amide bonds. The number of nitrogens with one attached hydrogen (secondary N) is 1. The summed E-state index contributed by atoms with van der Waals surface area (Å²) in [6.07, 6.45) is 0. The van der Waals surface area contributed by atoms with E-state index in [1.165, 1.54) is 0 Å². The molecule has 1 unspecified atom stereocenters. The predicted molar refractivity (Wildman–Crippen MR) is 84.5 cm³/mol. The molecule has 3 N–H and O–H groups in total. The molecule has 1 atom stereocenters. The summed E-state index contributed by atoms with van der Waals surface area (Å²) in [6.45, 7) is 3.15. The van der Waals surface area contributed by atoms with E-state index in [-0.39, 0.29) is 6.04 Å². The lowest BCUT2D eigenvalue weighted by Crippen LogP contribution is -2.20. The van der Waals surface area contributed by atoms with Crippen molar-refractivity contribution in [3.05, 3.63) is 59.1 Å². The van der Waals surface area contributed by atoms with Crippen LogP contribution in [0.2, 0.25) is 5.02 Å². The number of hydrogen-bond acceptors (Lipinski definition) is 3. The molecule has 2 aromatic rings. The molecule has 0 radical (unpaired) electrons. The van der Waals surface area contributed by atoms with Crippen molar-refractivity contribution in [1.29, 1.82) is 0 Å². The molecule has 0 fully saturated rings. The fourth-order valence-electron chi connectivity index (χ4n) is 1.99. The van der Waals surface area contributed by atoms with Gasteiger partial charge in [0.25, 0.3) is 0 Å². The number of hydrogen-bond donors (Lipinski definition) is 2. The molecule has 2 aromatic carbocycles. The van der Waals surface area contributed by atoms with Crippen LogP contribution >= 0.6 is 11.6 Å². The van der Waals surface area contributed by atoms with E-state index < -0.39 is 0 Å². The van der Waals surface area contributed by atoms with Crippen molar-refractivity contribution < 1.29 is 4.74 Å². The summed E-state index contributed by atoms with van der Waals surface area (Å²) in [5, 5.41) is 4.12. The molecule has 0 aromatic heterocycles. The van der Waals surface area contributed by atoms with E-state index in [4.69, 9.17) is 22.1 Å². The molecule has 3 nitrogen and oxygen atoms in total. The van der Waals surface area contributed by atoms with E-state index in [0.29, 0.717) is 13.2 Å². The molecular weight excluding hydrogens is 272 g/mol. The van der Waals surface area contributed by atoms with Crippen molar-refractivity contribution in [2.75, 3.05) is 18.5 Å². The average Bonchev–Trinajstić information content (AvgIpc) is 2.48. The molecular formula is C16H19ClN2O. The van der Waals surface area contributed by atoms with Gasteiger partial charge in [-0.1, -0.05) is 23.7 Å². The number of nitrogens with two attached hydrogens (primary N) is 1. The third-order valence-electron chi connectivity index (χ3n) is 3.01. The normalized spacial score (nSPS) is 11.9. The second-order valence-electron chi connectivity index (χ2n) is 4.44. The summed E-state index contributed by atoms with van der Waals surface area (Å²) in [6, 6.07) is 15.7. The van der Waals surface area contributed by atoms with E-state index >= 15 is 0 Å². The van der Waals surface area contributed by atoms with Gasteiger partial charge in [-0.05, 0) is 48.9 Å². The van der Waals surface area contributed by atoms with Crippen molar-refractivity contribution in [2.24, 2.45) is 5.73 Å². The van der Waals surface area contributed by atoms with Crippen LogP contribution in [0.15, 0.2) is 48.5 Å². The van der Waals surface area contributed by atoms with Gasteiger partial charge in [0.15, 0.2) is 0 Å². The maximum Gasteiger partial charge on any atom is 0.119 e. The van der Waals surface area contributed by atoms with Crippen LogP contribution in [-0.2, 0) is 0 Å². The highest BCUT2D eigenvalue weighted by atomic mass is 35.5. The Morgan fingerprint density at radius 1 is 1.10 bits per heavy atom. The van der Waals surface area contributed by atoms with Gasteiger partial charge in [-0.3, -0.25) is 0 Å². The van der Waals surface area contributed by atoms with E-state index in [1.54, 1.807) is 0 Å². The first-order chi connectivity index (χ1) is 9.72. The molecule has 0 saturated carbocycles. The van der Waals surface area contributed by atoms with Crippen molar-refractivity contribution in [3.63, 3.8) is 0 Å². The van der Waals surface area contributed by atoms with Gasteiger partial charge in [0.1, 0.15) is 5.75 Å². The molecule has 0 heterocycles. The van der Waals surface area contributed by atoms with Gasteiger partial charge in [0.05, 0.1) is 12.6 Å². The highest BCUT2D eigenvalue weighted by molar-refractivity contribution is 6.30. The Balaban J connectivity index is 2.09. The Morgan fingerprint density at radius 3 is 2.30 bits per heavy atom. The van der Waals surface area contributed by atoms with Gasteiger partial charge in [-0.15, -0.1) is 0 Å². The monoisotopic (exact) mass is 290 g/mol. The van der Waals surface area contributed by atoms with Crippen molar-refractivity contribution in [3.8, 4) is 5.75 Å². The molecule has 2 rings (SSSR count). The van der Waals surface area contributed by atoms with Crippen molar-refractivity contribution >= 4 is 17.3 Å². The van der Waals surface area contributed by atoms with Crippen LogP contribution in [0.4, 0.5) is 5.69 Å². The Hall–Kier alpha value is -1.71. The largest absolute Gasteiger partial charge is 0.494 e. The molecule has 0 aliphatic heterocycles. The van der Waals surface area contributed by atoms with E-state index in [1.807, 2.05) is 55.5 Å². The standard InChI is InChI=1S/C16H19ClN2O/c1-2-20-15-9-3-12(4-10-15)16(11-18)19-14-7-5-13(17)6-8-14/h3-10,16,19H,2,11,18H2,1H3. The molecule has 0 aliphatic rings. The molecule has 106 valence electrons. The zero-order valence-electron chi connectivity index (χ0n) is 11.5. The van der Waals surface area contributed by atoms with Crippen LogP contribution in [0.1, 0.15) is 18.5 Å². The Labute approximate surface area is 124 Å². The second kappa shape index (κ2) is 7.17. The lowest BCUT2D eigenvalue weighted by molar-refractivity contribution is 0.340. The molecule has 0 saturated heterocycles. The summed E-state index contributed by atoms with van der Waals surface area (Å²) in [7, 11) is 0. The molecule has 20 heavy (non-hydrogen) atoms. The third kappa shape index (κ3) is 3.89. The lowest BCUT2D eigenvalue weighted by atomic mass is 10.1. The smallest absolute Gasteiger partial charge is 0.119 e. The van der Waals surface area contributed by atoms with Crippen LogP contribution < -0.4 is 15.8 Å². The van der Waals surface area contributed by atoms with Crippen LogP contribution in [0, 0.1) is 0 Å². The van der Waals surface area contributed by atoms with E-state index in [2.05, 4.69) is 5.32 Å². The van der Waals surface area contributed by atoms with Crippen LogP contribution in [0.5, 0.6) is 5.75 Å². The van der Waals surface area contributed by atoms with Gasteiger partial charge in [0.2, 0.25) is 0 Å². The minimum absolute atomic E-state index is 0.0619. The lowest BCUT2D eigenvalue weighted by Gasteiger charge is -2.19. The molecule has 4 heteroatoms. The Morgan fingerprint density at radius 2 is 1.75 bits per heavy atom. The first-order valence-corrected chi connectivity index (χ1v) is 7.05. The van der Waals surface area contributed by atoms with Gasteiger partial charge in [0, 0.05) is 17.3 Å². The van der Waals surface area contributed by atoms with Crippen molar-refractivity contribution in [2.45, 2.75) is 13.0 Å². The van der Waals surface area contributed by atoms with Crippen LogP contribution in [-0.4, -0.2) is 13.2 Å². The van der Waals surface area contributed by atoms with E-state index in [0.717, 1.165) is 22.0 Å². The SMILES string of the molecule is CCOc1ccc(C(CN)Nc2ccc(Cl)cc2)cc1. The predicted octanol–water partition coefficient (Wildman–Crippen LogP) is 3.85. The fourth-order valence-corrected chi connectivity index (χ4v) is 2.11. The maximum atomic E-state index is 5.88. The highest BCUT2D eigenvalue weighted by Gasteiger charge is 2.09. The first kappa shape index (κ1) is 14.7. The Kier molecular flexibility index (Phi) is 5.27. The maximum absolute atomic E-state index is 5.88. The highest BCUT2D eigenvalue weighted by Crippen LogP contribution is 2.22. The average molecular weight is 291 g/mol. The van der Waals surface area contributed by atoms with Crippen LogP contribution in [0.3, 0.4) is 0 Å². The summed E-state index contributed by atoms with van der Waals surface area (Å²) in [4.78, 5) is 0. The number of benzene rings is 2. The number of ether oxygens (including phenoxy) is 1. The number of rotatable bonds is 6. The van der Waals surface area contributed by atoms with Gasteiger partial charge < -0.3 is 15.8 Å². The zero-order chi connectivity index (χ0) is 14.4. The summed E-state index contributed by atoms with van der Waals surface area (Å²) in [5.74, 6) is 0.874. The summed E-state index contributed by atoms with van der Waals surface area (Å²) >= 11 is 5.88. The topological polar surface area (TPSA) is 47.3 Å². The fraction of sp³-hybridized carbons (Fsp3) is 0.250. The van der Waals surface area contributed by atoms with Crippen LogP contribution in [0.25, 0.3) is 0 Å². The minimum atomic E-state index is 0.0619. The minimum Gasteiger partial charge on any atom is -0.494 e. The molecule has 0 spiro atoms. The molecule has 0 bridgehead atoms. The van der Waals surface area contributed by atoms with Gasteiger partial charge >= 0.3 is 0 Å². The summed E-state index contributed by atoms with van der Waals surface area (Å²) in [5.41, 5.74) is 7.99. The Bertz CT molecular complexity index is 525. The second-order valence-corrected chi connectivity index (χ2v) is 4.88. The number of halogens is 1. The number of anilines is 1. The van der Waals surface area contributed by atoms with Crippen molar-refractivity contribution in [1.82, 2.24) is 0 Å². The third-order valence-corrected chi connectivity index (χ3v) is 3.27. The first-order valence-electron chi connectivity index (χ1n) is 6.68. The van der Waals surface area contributed by atoms with E-state index in [9.17, 15) is 0 Å². The summed E-state index contributed by atoms with van der Waals surface area (Å²) < 4.78 is 5.44. The zero-order valence-corrected chi connectivity index (χ0v) is 12.2. The molecule has 0 aliphatic carbocycles. The van der Waals surface area contributed by atoms with Gasteiger partial charge in [-0.2, -0.15) is 0 Å². The quantitative estimate of drug-likeness (QED) is 0.849. The van der Waals surface area contributed by atoms with Gasteiger partial charge in [-0.25, -0.2) is 0 Å².